The van der Waals surface area contributed by atoms with Crippen LogP contribution in [0.4, 0.5) is 0 Å². The summed E-state index contributed by atoms with van der Waals surface area (Å²) in [5, 5.41) is 11.6. The molecule has 5 nitrogen and oxygen atoms in total. The van der Waals surface area contributed by atoms with Crippen LogP contribution in [0.15, 0.2) is 18.2 Å². The Morgan fingerprint density at radius 2 is 2.35 bits per heavy atom. The SMILES string of the molecule is COc1ccc(C#CCO)c(CN2CCNC(=O)C2)c1. The van der Waals surface area contributed by atoms with Crippen molar-refractivity contribution < 1.29 is 14.6 Å². The lowest BCUT2D eigenvalue weighted by Gasteiger charge is -2.26. The fourth-order valence-electron chi connectivity index (χ4n) is 2.15. The van der Waals surface area contributed by atoms with Crippen molar-refractivity contribution >= 4 is 5.91 Å². The Hall–Kier alpha value is -2.03. The standard InChI is InChI=1S/C15H18N2O3/c1-20-14-5-4-12(3-2-8-18)13(9-14)10-17-7-6-16-15(19)11-17/h4-5,9,18H,6-8,10-11H2,1H3,(H,16,19). The zero-order valence-electron chi connectivity index (χ0n) is 11.5. The second-order valence-electron chi connectivity index (χ2n) is 4.54. The molecule has 1 aliphatic rings. The average Bonchev–Trinajstić information content (AvgIpc) is 2.46. The third-order valence-corrected chi connectivity index (χ3v) is 3.13. The summed E-state index contributed by atoms with van der Waals surface area (Å²) >= 11 is 0. The smallest absolute Gasteiger partial charge is 0.234 e. The van der Waals surface area contributed by atoms with Gasteiger partial charge in [-0.25, -0.2) is 0 Å². The van der Waals surface area contributed by atoms with Gasteiger partial charge in [0.25, 0.3) is 0 Å². The van der Waals surface area contributed by atoms with Gasteiger partial charge < -0.3 is 15.2 Å². The molecule has 1 aromatic carbocycles. The van der Waals surface area contributed by atoms with E-state index in [1.807, 2.05) is 18.2 Å². The van der Waals surface area contributed by atoms with Crippen LogP contribution in [-0.4, -0.2) is 49.3 Å². The maximum absolute atomic E-state index is 11.4. The van der Waals surface area contributed by atoms with Crippen LogP contribution < -0.4 is 10.1 Å². The Kier molecular flexibility index (Phi) is 4.99. The van der Waals surface area contributed by atoms with Gasteiger partial charge in [-0.2, -0.15) is 0 Å². The third-order valence-electron chi connectivity index (χ3n) is 3.13. The van der Waals surface area contributed by atoms with Crippen LogP contribution in [0.1, 0.15) is 11.1 Å². The number of hydrogen-bond acceptors (Lipinski definition) is 4. The number of amides is 1. The number of rotatable bonds is 3. The molecule has 1 aromatic rings. The summed E-state index contributed by atoms with van der Waals surface area (Å²) in [6.07, 6.45) is 0. The maximum Gasteiger partial charge on any atom is 0.234 e. The molecule has 20 heavy (non-hydrogen) atoms. The highest BCUT2D eigenvalue weighted by Crippen LogP contribution is 2.19. The summed E-state index contributed by atoms with van der Waals surface area (Å²) in [5.41, 5.74) is 1.85. The van der Waals surface area contributed by atoms with Gasteiger partial charge in [0.15, 0.2) is 0 Å². The van der Waals surface area contributed by atoms with Gasteiger partial charge in [0.1, 0.15) is 12.4 Å². The van der Waals surface area contributed by atoms with Gasteiger partial charge in [0.2, 0.25) is 5.91 Å². The van der Waals surface area contributed by atoms with E-state index in [0.717, 1.165) is 23.4 Å². The van der Waals surface area contributed by atoms with Crippen LogP contribution in [0.3, 0.4) is 0 Å². The summed E-state index contributed by atoms with van der Waals surface area (Å²) in [7, 11) is 1.62. The highest BCUT2D eigenvalue weighted by Gasteiger charge is 2.17. The van der Waals surface area contributed by atoms with E-state index in [9.17, 15) is 4.79 Å². The van der Waals surface area contributed by atoms with Crippen molar-refractivity contribution in [2.24, 2.45) is 0 Å². The van der Waals surface area contributed by atoms with Gasteiger partial charge in [-0.3, -0.25) is 9.69 Å². The first-order chi connectivity index (χ1) is 9.72. The van der Waals surface area contributed by atoms with Crippen molar-refractivity contribution in [3.8, 4) is 17.6 Å². The van der Waals surface area contributed by atoms with Crippen LogP contribution in [0, 0.1) is 11.8 Å². The number of carbonyl (C=O) groups excluding carboxylic acids is 1. The number of piperazine rings is 1. The molecule has 1 heterocycles. The second kappa shape index (κ2) is 6.94. The van der Waals surface area contributed by atoms with Gasteiger partial charge in [-0.05, 0) is 23.8 Å². The van der Waals surface area contributed by atoms with Gasteiger partial charge >= 0.3 is 0 Å². The molecule has 106 valence electrons. The number of aliphatic hydroxyl groups is 1. The molecule has 0 aromatic heterocycles. The molecule has 1 fully saturated rings. The molecule has 0 saturated carbocycles. The minimum atomic E-state index is -0.169. The highest BCUT2D eigenvalue weighted by atomic mass is 16.5. The first-order valence-electron chi connectivity index (χ1n) is 6.48. The Morgan fingerprint density at radius 1 is 1.50 bits per heavy atom. The van der Waals surface area contributed by atoms with Crippen molar-refractivity contribution in [3.63, 3.8) is 0 Å². The van der Waals surface area contributed by atoms with Crippen molar-refractivity contribution in [2.75, 3.05) is 33.4 Å². The number of carbonyl (C=O) groups is 1. The largest absolute Gasteiger partial charge is 0.497 e. The number of hydrogen-bond donors (Lipinski definition) is 2. The number of benzene rings is 1. The Balaban J connectivity index is 2.20. The van der Waals surface area contributed by atoms with E-state index < -0.39 is 0 Å². The van der Waals surface area contributed by atoms with Crippen LogP contribution >= 0.6 is 0 Å². The third kappa shape index (κ3) is 3.73. The fraction of sp³-hybridized carbons (Fsp3) is 0.400. The van der Waals surface area contributed by atoms with E-state index in [1.165, 1.54) is 0 Å². The summed E-state index contributed by atoms with van der Waals surface area (Å²) in [5.74, 6) is 6.39. The Labute approximate surface area is 118 Å². The van der Waals surface area contributed by atoms with E-state index in [0.29, 0.717) is 19.6 Å². The molecule has 5 heteroatoms. The first kappa shape index (κ1) is 14.4. The van der Waals surface area contributed by atoms with Crippen molar-refractivity contribution in [2.45, 2.75) is 6.54 Å². The minimum absolute atomic E-state index is 0.0436. The molecule has 0 atom stereocenters. The second-order valence-corrected chi connectivity index (χ2v) is 4.54. The zero-order valence-corrected chi connectivity index (χ0v) is 11.5. The molecule has 2 rings (SSSR count). The van der Waals surface area contributed by atoms with Gasteiger partial charge in [0, 0.05) is 25.2 Å². The van der Waals surface area contributed by atoms with E-state index in [-0.39, 0.29) is 12.5 Å². The highest BCUT2D eigenvalue weighted by molar-refractivity contribution is 5.78. The molecule has 1 aliphatic heterocycles. The van der Waals surface area contributed by atoms with Gasteiger partial charge in [-0.15, -0.1) is 0 Å². The predicted molar refractivity (Wildman–Crippen MR) is 75.2 cm³/mol. The first-order valence-corrected chi connectivity index (χ1v) is 6.48. The normalized spacial score (nSPS) is 15.2. The molecular weight excluding hydrogens is 256 g/mol. The van der Waals surface area contributed by atoms with Gasteiger partial charge in [-0.1, -0.05) is 11.8 Å². The summed E-state index contributed by atoms with van der Waals surface area (Å²) < 4.78 is 5.23. The van der Waals surface area contributed by atoms with Crippen molar-refractivity contribution in [3.05, 3.63) is 29.3 Å². The molecule has 1 saturated heterocycles. The average molecular weight is 274 g/mol. The summed E-state index contributed by atoms with van der Waals surface area (Å²) in [6.45, 7) is 2.35. The molecule has 0 radical (unpaired) electrons. The Bertz CT molecular complexity index is 546. The molecule has 0 aliphatic carbocycles. The topological polar surface area (TPSA) is 61.8 Å². The van der Waals surface area contributed by atoms with E-state index >= 15 is 0 Å². The summed E-state index contributed by atoms with van der Waals surface area (Å²) in [4.78, 5) is 13.5. The number of aliphatic hydroxyl groups excluding tert-OH is 1. The lowest BCUT2D eigenvalue weighted by atomic mass is 10.1. The zero-order chi connectivity index (χ0) is 14.4. The number of nitrogens with zero attached hydrogens (tertiary/aromatic N) is 1. The molecule has 2 N–H and O–H groups in total. The summed E-state index contributed by atoms with van der Waals surface area (Å²) in [6, 6.07) is 5.64. The predicted octanol–water partition coefficient (Wildman–Crippen LogP) is -0.0292. The van der Waals surface area contributed by atoms with Crippen molar-refractivity contribution in [1.29, 1.82) is 0 Å². The molecule has 0 bridgehead atoms. The lowest BCUT2D eigenvalue weighted by Crippen LogP contribution is -2.47. The van der Waals surface area contributed by atoms with Crippen LogP contribution in [0.2, 0.25) is 0 Å². The van der Waals surface area contributed by atoms with E-state index in [1.54, 1.807) is 7.11 Å². The Morgan fingerprint density at radius 3 is 3.05 bits per heavy atom. The number of nitrogens with one attached hydrogen (secondary N) is 1. The molecule has 0 spiro atoms. The number of methoxy groups -OCH3 is 1. The van der Waals surface area contributed by atoms with E-state index in [2.05, 4.69) is 22.1 Å². The quantitative estimate of drug-likeness (QED) is 0.760. The van der Waals surface area contributed by atoms with E-state index in [4.69, 9.17) is 9.84 Å². The number of ether oxygens (including phenoxy) is 1. The maximum atomic E-state index is 11.4. The molecule has 1 amide bonds. The van der Waals surface area contributed by atoms with Gasteiger partial charge in [0.05, 0.1) is 13.7 Å². The van der Waals surface area contributed by atoms with Crippen molar-refractivity contribution in [1.82, 2.24) is 10.2 Å². The molecule has 0 unspecified atom stereocenters. The van der Waals surface area contributed by atoms with Crippen LogP contribution in [0.25, 0.3) is 0 Å². The lowest BCUT2D eigenvalue weighted by molar-refractivity contribution is -0.124. The molecular formula is C15H18N2O3. The van der Waals surface area contributed by atoms with Crippen LogP contribution in [-0.2, 0) is 11.3 Å². The van der Waals surface area contributed by atoms with Crippen LogP contribution in [0.5, 0.6) is 5.75 Å². The minimum Gasteiger partial charge on any atom is -0.497 e. The monoisotopic (exact) mass is 274 g/mol. The fourth-order valence-corrected chi connectivity index (χ4v) is 2.15.